The summed E-state index contributed by atoms with van der Waals surface area (Å²) in [5, 5.41) is 0. The molecule has 3 heteroatoms. The second kappa shape index (κ2) is 5.13. The number of ether oxygens (including phenoxy) is 2. The fourth-order valence-electron chi connectivity index (χ4n) is 2.31. The van der Waals surface area contributed by atoms with Gasteiger partial charge in [0.25, 0.3) is 0 Å². The number of hydrogen-bond acceptors (Lipinski definition) is 2. The first-order valence-corrected chi connectivity index (χ1v) is 7.18. The van der Waals surface area contributed by atoms with Gasteiger partial charge in [0.15, 0.2) is 5.79 Å². The van der Waals surface area contributed by atoms with Crippen LogP contribution in [0, 0.1) is 0 Å². The van der Waals surface area contributed by atoms with Crippen LogP contribution < -0.4 is 0 Å². The maximum atomic E-state index is 5.45. The van der Waals surface area contributed by atoms with Gasteiger partial charge < -0.3 is 9.47 Å². The van der Waals surface area contributed by atoms with Gasteiger partial charge in [-0.3, -0.25) is 0 Å². The van der Waals surface area contributed by atoms with E-state index in [4.69, 9.17) is 9.47 Å². The summed E-state index contributed by atoms with van der Waals surface area (Å²) in [6.07, 6.45) is 4.83. The van der Waals surface area contributed by atoms with Gasteiger partial charge in [0.1, 0.15) is 0 Å². The van der Waals surface area contributed by atoms with Gasteiger partial charge in [-0.1, -0.05) is 18.5 Å². The minimum atomic E-state index is -0.237. The Morgan fingerprint density at radius 1 is 1.23 bits per heavy atom. The third-order valence-electron chi connectivity index (χ3n) is 3.31. The van der Waals surface area contributed by atoms with Crippen LogP contribution in [0.25, 0.3) is 0 Å². The first-order valence-electron chi connectivity index (χ1n) is 5.36. The number of rotatable bonds is 4. The smallest absolute Gasteiger partial charge is 0.167 e. The lowest BCUT2D eigenvalue weighted by atomic mass is 9.93. The molecule has 0 aromatic rings. The van der Waals surface area contributed by atoms with Gasteiger partial charge in [-0.2, -0.15) is 0 Å². The van der Waals surface area contributed by atoms with E-state index < -0.39 is 0 Å². The third kappa shape index (κ3) is 2.79. The molecule has 0 aromatic heterocycles. The van der Waals surface area contributed by atoms with Crippen molar-refractivity contribution in [2.75, 3.05) is 14.2 Å². The summed E-state index contributed by atoms with van der Waals surface area (Å²) < 4.78 is 10.9. The average molecular weight is 202 g/mol. The van der Waals surface area contributed by atoms with Gasteiger partial charge in [0, 0.05) is 36.6 Å². The van der Waals surface area contributed by atoms with Crippen LogP contribution in [0.5, 0.6) is 0 Å². The molecule has 0 amide bonds. The molecule has 0 saturated heterocycles. The minimum absolute atomic E-state index is 0.201. The van der Waals surface area contributed by atoms with Crippen LogP contribution in [-0.2, 0) is 9.47 Å². The second-order valence-electron chi connectivity index (χ2n) is 4.05. The summed E-state index contributed by atoms with van der Waals surface area (Å²) >= 11 is 0. The Labute approximate surface area is 83.8 Å². The largest absolute Gasteiger partial charge is 0.353 e. The molecule has 0 aliphatic heterocycles. The molecule has 1 aliphatic rings. The zero-order chi connectivity index (χ0) is 9.73. The molecular weight excluding hydrogens is 180 g/mol. The summed E-state index contributed by atoms with van der Waals surface area (Å²) in [5.41, 5.74) is 1.04. The molecule has 0 aromatic carbocycles. The highest BCUT2D eigenvalue weighted by Crippen LogP contribution is 2.37. The van der Waals surface area contributed by atoms with Gasteiger partial charge in [0.05, 0.1) is 0 Å². The summed E-state index contributed by atoms with van der Waals surface area (Å²) in [6.45, 7) is 2.32. The average Bonchev–Trinajstić information content (AvgIpc) is 2.20. The van der Waals surface area contributed by atoms with Crippen LogP contribution in [0.1, 0.15) is 32.6 Å². The lowest BCUT2D eigenvalue weighted by Crippen LogP contribution is -2.37. The number of methoxy groups -OCH3 is 2. The van der Waals surface area contributed by atoms with E-state index >= 15 is 0 Å². The van der Waals surface area contributed by atoms with Crippen LogP contribution >= 0.6 is 0 Å². The second-order valence-corrected chi connectivity index (χ2v) is 6.78. The normalized spacial score (nSPS) is 24.2. The Balaban J connectivity index is 2.36. The van der Waals surface area contributed by atoms with Gasteiger partial charge in [0.2, 0.25) is 0 Å². The van der Waals surface area contributed by atoms with Gasteiger partial charge in [-0.15, -0.1) is 0 Å². The minimum Gasteiger partial charge on any atom is -0.353 e. The number of hydrogen-bond donors (Lipinski definition) is 0. The van der Waals surface area contributed by atoms with Gasteiger partial charge in [-0.25, -0.2) is 0 Å². The molecule has 13 heavy (non-hydrogen) atoms. The predicted octanol–water partition coefficient (Wildman–Crippen LogP) is 1.95. The van der Waals surface area contributed by atoms with Crippen molar-refractivity contribution in [1.82, 2.24) is 0 Å². The molecule has 1 fully saturated rings. The molecule has 1 rings (SSSR count). The lowest BCUT2D eigenvalue weighted by Gasteiger charge is -2.37. The van der Waals surface area contributed by atoms with Crippen molar-refractivity contribution in [2.45, 2.75) is 50.0 Å². The van der Waals surface area contributed by atoms with Crippen LogP contribution in [0.3, 0.4) is 0 Å². The lowest BCUT2D eigenvalue weighted by molar-refractivity contribution is -0.222. The fraction of sp³-hybridized carbons (Fsp3) is 1.00. The van der Waals surface area contributed by atoms with Crippen molar-refractivity contribution < 1.29 is 9.47 Å². The van der Waals surface area contributed by atoms with Crippen LogP contribution in [0.4, 0.5) is 0 Å². The Bertz CT molecular complexity index is 136. The van der Waals surface area contributed by atoms with E-state index in [1.807, 2.05) is 0 Å². The van der Waals surface area contributed by atoms with Crippen molar-refractivity contribution in [1.29, 1.82) is 0 Å². The van der Waals surface area contributed by atoms with Crippen molar-refractivity contribution in [2.24, 2.45) is 0 Å². The monoisotopic (exact) mass is 202 g/mol. The quantitative estimate of drug-likeness (QED) is 0.512. The Morgan fingerprint density at radius 3 is 2.15 bits per heavy atom. The molecule has 2 nitrogen and oxygen atoms in total. The van der Waals surface area contributed by atoms with Crippen LogP contribution in [0.2, 0.25) is 11.6 Å². The fourth-order valence-corrected chi connectivity index (χ4v) is 4.11. The van der Waals surface area contributed by atoms with E-state index in [-0.39, 0.29) is 15.3 Å². The molecule has 1 saturated carbocycles. The van der Waals surface area contributed by atoms with E-state index in [9.17, 15) is 0 Å². The van der Waals surface area contributed by atoms with E-state index in [1.165, 1.54) is 18.9 Å². The predicted molar refractivity (Wildman–Crippen MR) is 58.0 cm³/mol. The maximum Gasteiger partial charge on any atom is 0.167 e. The highest BCUT2D eigenvalue weighted by atomic mass is 28.2. The van der Waals surface area contributed by atoms with Crippen molar-refractivity contribution in [3.05, 3.63) is 0 Å². The summed E-state index contributed by atoms with van der Waals surface area (Å²) in [7, 11) is 3.73. The van der Waals surface area contributed by atoms with Crippen molar-refractivity contribution in [3.8, 4) is 0 Å². The molecule has 0 unspecified atom stereocenters. The van der Waals surface area contributed by atoms with Crippen LogP contribution in [-0.4, -0.2) is 29.5 Å². The zero-order valence-electron chi connectivity index (χ0n) is 9.14. The van der Waals surface area contributed by atoms with Crippen LogP contribution in [0.15, 0.2) is 0 Å². The standard InChI is InChI=1S/C10H22O2Si/c1-4-13-9-5-7-10(11-2,12-3)8-6-9/h9H,4-8,13H2,1-3H3. The molecule has 0 heterocycles. The Kier molecular flexibility index (Phi) is 4.42. The van der Waals surface area contributed by atoms with E-state index in [2.05, 4.69) is 6.92 Å². The molecule has 0 atom stereocenters. The maximum absolute atomic E-state index is 5.45. The highest BCUT2D eigenvalue weighted by Gasteiger charge is 2.34. The summed E-state index contributed by atoms with van der Waals surface area (Å²) in [5.74, 6) is -0.237. The highest BCUT2D eigenvalue weighted by molar-refractivity contribution is 6.37. The zero-order valence-corrected chi connectivity index (χ0v) is 10.6. The molecular formula is C10H22O2Si. The summed E-state index contributed by atoms with van der Waals surface area (Å²) in [4.78, 5) is 0. The first-order chi connectivity index (χ1) is 6.26. The third-order valence-corrected chi connectivity index (χ3v) is 5.52. The SMILES string of the molecule is CC[SiH2]C1CCC(OC)(OC)CC1. The molecule has 0 N–H and O–H groups in total. The van der Waals surface area contributed by atoms with Gasteiger partial charge >= 0.3 is 0 Å². The van der Waals surface area contributed by atoms with E-state index in [1.54, 1.807) is 14.2 Å². The Morgan fingerprint density at radius 2 is 1.77 bits per heavy atom. The summed E-state index contributed by atoms with van der Waals surface area (Å²) in [6, 6.07) is 1.44. The van der Waals surface area contributed by atoms with E-state index in [0.717, 1.165) is 18.4 Å². The molecule has 1 aliphatic carbocycles. The van der Waals surface area contributed by atoms with Crippen molar-refractivity contribution in [3.63, 3.8) is 0 Å². The van der Waals surface area contributed by atoms with E-state index in [0.29, 0.717) is 0 Å². The van der Waals surface area contributed by atoms with Crippen molar-refractivity contribution >= 4 is 9.52 Å². The topological polar surface area (TPSA) is 18.5 Å². The molecule has 0 bridgehead atoms. The first kappa shape index (κ1) is 11.2. The molecule has 0 spiro atoms. The van der Waals surface area contributed by atoms with Gasteiger partial charge in [-0.05, 0) is 12.8 Å². The Hall–Kier alpha value is 0.137. The molecule has 78 valence electrons. The molecule has 0 radical (unpaired) electrons.